The maximum absolute atomic E-state index is 11.9. The normalized spacial score (nSPS) is 20.3. The number of aliphatic carboxylic acids is 1. The van der Waals surface area contributed by atoms with E-state index in [0.29, 0.717) is 5.75 Å². The van der Waals surface area contributed by atoms with Gasteiger partial charge < -0.3 is 19.8 Å². The van der Waals surface area contributed by atoms with Gasteiger partial charge in [-0.05, 0) is 49.4 Å². The van der Waals surface area contributed by atoms with E-state index in [0.717, 1.165) is 19.3 Å². The monoisotopic (exact) mass is 333 g/mol. The van der Waals surface area contributed by atoms with Crippen LogP contribution in [0.25, 0.3) is 0 Å². The van der Waals surface area contributed by atoms with Gasteiger partial charge in [0.05, 0.1) is 0 Å². The SMILES string of the molecule is C[C@@H](O)C(=O)N1CCC(Oc2ccc3c(c2)CCC3)(C(=O)O)CC1. The number of aryl methyl sites for hydroxylation is 2. The number of carboxylic acids is 1. The number of rotatable bonds is 4. The van der Waals surface area contributed by atoms with E-state index in [2.05, 4.69) is 0 Å². The molecule has 1 aromatic rings. The number of ether oxygens (including phenoxy) is 1. The predicted molar refractivity (Wildman–Crippen MR) is 87.0 cm³/mol. The zero-order valence-corrected chi connectivity index (χ0v) is 13.8. The molecule has 0 aromatic heterocycles. The molecule has 6 heteroatoms. The first-order chi connectivity index (χ1) is 11.4. The van der Waals surface area contributed by atoms with Crippen LogP contribution in [-0.2, 0) is 22.4 Å². The molecule has 1 fully saturated rings. The van der Waals surface area contributed by atoms with Gasteiger partial charge in [-0.15, -0.1) is 0 Å². The number of nitrogens with zero attached hydrogens (tertiary/aromatic N) is 1. The molecular weight excluding hydrogens is 310 g/mol. The fraction of sp³-hybridized carbons (Fsp3) is 0.556. The first-order valence-electron chi connectivity index (χ1n) is 8.42. The van der Waals surface area contributed by atoms with Crippen molar-refractivity contribution < 1.29 is 24.5 Å². The number of piperidine rings is 1. The summed E-state index contributed by atoms with van der Waals surface area (Å²) in [5.74, 6) is -0.799. The molecule has 0 bridgehead atoms. The second kappa shape index (κ2) is 6.43. The van der Waals surface area contributed by atoms with Crippen molar-refractivity contribution in [2.75, 3.05) is 13.1 Å². The number of amides is 1. The number of carbonyl (C=O) groups is 2. The lowest BCUT2D eigenvalue weighted by molar-refractivity contribution is -0.163. The second-order valence-corrected chi connectivity index (χ2v) is 6.69. The highest BCUT2D eigenvalue weighted by atomic mass is 16.5. The first kappa shape index (κ1) is 16.8. The van der Waals surface area contributed by atoms with Gasteiger partial charge in [-0.3, -0.25) is 4.79 Å². The largest absolute Gasteiger partial charge is 0.478 e. The smallest absolute Gasteiger partial charge is 0.348 e. The van der Waals surface area contributed by atoms with E-state index in [9.17, 15) is 19.8 Å². The minimum atomic E-state index is -1.32. The van der Waals surface area contributed by atoms with Crippen LogP contribution in [0.15, 0.2) is 18.2 Å². The number of aliphatic hydroxyl groups is 1. The Labute approximate surface area is 141 Å². The zero-order chi connectivity index (χ0) is 17.3. The summed E-state index contributed by atoms with van der Waals surface area (Å²) in [5.41, 5.74) is 1.22. The molecule has 0 spiro atoms. The van der Waals surface area contributed by atoms with Crippen LogP contribution in [0, 0.1) is 0 Å². The number of fused-ring (bicyclic) bond motifs is 1. The Hall–Kier alpha value is -2.08. The summed E-state index contributed by atoms with van der Waals surface area (Å²) in [7, 11) is 0. The van der Waals surface area contributed by atoms with Crippen LogP contribution in [0.1, 0.15) is 37.3 Å². The van der Waals surface area contributed by atoms with Gasteiger partial charge in [-0.2, -0.15) is 0 Å². The lowest BCUT2D eigenvalue weighted by Crippen LogP contribution is -2.55. The lowest BCUT2D eigenvalue weighted by Gasteiger charge is -2.39. The molecule has 0 radical (unpaired) electrons. The molecule has 1 atom stereocenters. The third-order valence-electron chi connectivity index (χ3n) is 5.01. The van der Waals surface area contributed by atoms with E-state index in [-0.39, 0.29) is 31.8 Å². The lowest BCUT2D eigenvalue weighted by atomic mass is 9.90. The van der Waals surface area contributed by atoms with Gasteiger partial charge in [0.25, 0.3) is 5.91 Å². The maximum Gasteiger partial charge on any atom is 0.348 e. The van der Waals surface area contributed by atoms with Gasteiger partial charge in [0.2, 0.25) is 5.60 Å². The number of carbonyl (C=O) groups excluding carboxylic acids is 1. The van der Waals surface area contributed by atoms with Crippen molar-refractivity contribution in [1.82, 2.24) is 4.90 Å². The topological polar surface area (TPSA) is 87.1 Å². The fourth-order valence-electron chi connectivity index (χ4n) is 3.55. The van der Waals surface area contributed by atoms with E-state index >= 15 is 0 Å². The van der Waals surface area contributed by atoms with Crippen molar-refractivity contribution in [2.45, 2.75) is 50.7 Å². The van der Waals surface area contributed by atoms with Crippen LogP contribution in [0.3, 0.4) is 0 Å². The van der Waals surface area contributed by atoms with Crippen LogP contribution in [0.5, 0.6) is 5.75 Å². The number of benzene rings is 1. The third-order valence-corrected chi connectivity index (χ3v) is 5.01. The first-order valence-corrected chi connectivity index (χ1v) is 8.42. The summed E-state index contributed by atoms with van der Waals surface area (Å²) in [6, 6.07) is 5.79. The van der Waals surface area contributed by atoms with Gasteiger partial charge in [0, 0.05) is 25.9 Å². The van der Waals surface area contributed by atoms with Crippen LogP contribution in [0.4, 0.5) is 0 Å². The van der Waals surface area contributed by atoms with E-state index in [4.69, 9.17) is 4.74 Å². The Morgan fingerprint density at radius 3 is 2.50 bits per heavy atom. The van der Waals surface area contributed by atoms with E-state index in [1.165, 1.54) is 23.0 Å². The third kappa shape index (κ3) is 3.11. The quantitative estimate of drug-likeness (QED) is 0.869. The van der Waals surface area contributed by atoms with Crippen molar-refractivity contribution >= 4 is 11.9 Å². The predicted octanol–water partition coefficient (Wildman–Crippen LogP) is 1.38. The summed E-state index contributed by atoms with van der Waals surface area (Å²) in [4.78, 5) is 25.2. The molecular formula is C18H23NO5. The average Bonchev–Trinajstić information content (AvgIpc) is 3.02. The minimum absolute atomic E-state index is 0.206. The van der Waals surface area contributed by atoms with Crippen molar-refractivity contribution in [3.8, 4) is 5.75 Å². The standard InChI is InChI=1S/C18H23NO5/c1-12(20)16(21)19-9-7-18(8-10-19,17(22)23)24-15-6-5-13-3-2-4-14(13)11-15/h5-6,11-12,20H,2-4,7-10H2,1H3,(H,22,23)/t12-/m1/s1. The van der Waals surface area contributed by atoms with Gasteiger partial charge in [-0.1, -0.05) is 6.07 Å². The summed E-state index contributed by atoms with van der Waals surface area (Å²) in [6.45, 7) is 1.95. The van der Waals surface area contributed by atoms with Crippen LogP contribution in [0.2, 0.25) is 0 Å². The minimum Gasteiger partial charge on any atom is -0.478 e. The van der Waals surface area contributed by atoms with Gasteiger partial charge in [0.15, 0.2) is 0 Å². The Morgan fingerprint density at radius 2 is 1.88 bits per heavy atom. The summed E-state index contributed by atoms with van der Waals surface area (Å²) < 4.78 is 5.92. The second-order valence-electron chi connectivity index (χ2n) is 6.69. The van der Waals surface area contributed by atoms with Crippen molar-refractivity contribution in [2.24, 2.45) is 0 Å². The van der Waals surface area contributed by atoms with Crippen LogP contribution >= 0.6 is 0 Å². The van der Waals surface area contributed by atoms with Gasteiger partial charge in [0.1, 0.15) is 11.9 Å². The Kier molecular flexibility index (Phi) is 4.49. The Morgan fingerprint density at radius 1 is 1.21 bits per heavy atom. The number of likely N-dealkylation sites (tertiary alicyclic amines) is 1. The highest BCUT2D eigenvalue weighted by Gasteiger charge is 2.45. The summed E-state index contributed by atoms with van der Waals surface area (Å²) in [5, 5.41) is 19.1. The Balaban J connectivity index is 1.74. The number of aliphatic hydroxyl groups excluding tert-OH is 1. The maximum atomic E-state index is 11.9. The number of hydrogen-bond acceptors (Lipinski definition) is 4. The molecule has 0 unspecified atom stereocenters. The van der Waals surface area contributed by atoms with E-state index in [1.807, 2.05) is 18.2 Å². The van der Waals surface area contributed by atoms with Crippen LogP contribution in [-0.4, -0.2) is 51.8 Å². The highest BCUT2D eigenvalue weighted by molar-refractivity contribution is 5.82. The molecule has 1 aliphatic carbocycles. The molecule has 6 nitrogen and oxygen atoms in total. The molecule has 1 saturated heterocycles. The molecule has 1 aromatic carbocycles. The van der Waals surface area contributed by atoms with Crippen molar-refractivity contribution in [3.63, 3.8) is 0 Å². The fourth-order valence-corrected chi connectivity index (χ4v) is 3.55. The van der Waals surface area contributed by atoms with Crippen molar-refractivity contribution in [3.05, 3.63) is 29.3 Å². The van der Waals surface area contributed by atoms with Gasteiger partial charge in [-0.25, -0.2) is 4.79 Å². The molecule has 1 amide bonds. The number of hydrogen-bond donors (Lipinski definition) is 2. The average molecular weight is 333 g/mol. The molecule has 1 heterocycles. The molecule has 130 valence electrons. The molecule has 1 aliphatic heterocycles. The molecule has 0 saturated carbocycles. The van der Waals surface area contributed by atoms with Crippen molar-refractivity contribution in [1.29, 1.82) is 0 Å². The van der Waals surface area contributed by atoms with Gasteiger partial charge >= 0.3 is 5.97 Å². The Bertz CT molecular complexity index is 647. The zero-order valence-electron chi connectivity index (χ0n) is 13.8. The van der Waals surface area contributed by atoms with Crippen LogP contribution < -0.4 is 4.74 Å². The number of carboxylic acid groups (broad SMARTS) is 1. The van der Waals surface area contributed by atoms with E-state index < -0.39 is 17.7 Å². The summed E-state index contributed by atoms with van der Waals surface area (Å²) >= 11 is 0. The molecule has 3 rings (SSSR count). The molecule has 2 N–H and O–H groups in total. The highest BCUT2D eigenvalue weighted by Crippen LogP contribution is 2.32. The summed E-state index contributed by atoms with van der Waals surface area (Å²) in [6.07, 6.45) is 2.54. The molecule has 2 aliphatic rings. The molecule has 24 heavy (non-hydrogen) atoms. The van der Waals surface area contributed by atoms with E-state index in [1.54, 1.807) is 0 Å².